The van der Waals surface area contributed by atoms with Crippen LogP contribution in [0.4, 0.5) is 0 Å². The maximum Gasteiger partial charge on any atom is 0.155 e. The number of hydrogen-bond donors (Lipinski definition) is 0. The van der Waals surface area contributed by atoms with Gasteiger partial charge in [0.25, 0.3) is 0 Å². The molecule has 2 rings (SSSR count). The highest BCUT2D eigenvalue weighted by molar-refractivity contribution is 5.85. The second-order valence-electron chi connectivity index (χ2n) is 4.15. The van der Waals surface area contributed by atoms with Gasteiger partial charge in [0.2, 0.25) is 0 Å². The number of hydrogen-bond acceptors (Lipinski definition) is 2. The zero-order valence-corrected chi connectivity index (χ0v) is 10.5. The van der Waals surface area contributed by atoms with E-state index in [-0.39, 0.29) is 12.4 Å². The molecule has 0 saturated carbocycles. The first kappa shape index (κ1) is 12.1. The predicted molar refractivity (Wildman–Crippen MR) is 69.9 cm³/mol. The van der Waals surface area contributed by atoms with E-state index in [1.165, 1.54) is 16.3 Å². The highest BCUT2D eigenvalue weighted by atomic mass is 16.7. The van der Waals surface area contributed by atoms with Crippen LogP contribution >= 0.6 is 0 Å². The zero-order valence-electron chi connectivity index (χ0n) is 10.5. The van der Waals surface area contributed by atoms with Crippen molar-refractivity contribution >= 4 is 10.8 Å². The van der Waals surface area contributed by atoms with Gasteiger partial charge in [0.1, 0.15) is 0 Å². The molecule has 2 unspecified atom stereocenters. The van der Waals surface area contributed by atoms with Crippen LogP contribution in [-0.4, -0.2) is 13.4 Å². The van der Waals surface area contributed by atoms with Crippen molar-refractivity contribution in [2.24, 2.45) is 0 Å². The monoisotopic (exact) mass is 230 g/mol. The minimum atomic E-state index is -0.191. The van der Waals surface area contributed by atoms with Crippen molar-refractivity contribution in [1.29, 1.82) is 0 Å². The Morgan fingerprint density at radius 2 is 1.65 bits per heavy atom. The van der Waals surface area contributed by atoms with Crippen molar-refractivity contribution in [2.75, 3.05) is 7.11 Å². The molecular weight excluding hydrogens is 212 g/mol. The molecule has 2 atom stereocenters. The molecule has 90 valence electrons. The second kappa shape index (κ2) is 5.30. The van der Waals surface area contributed by atoms with Crippen LogP contribution in [-0.2, 0) is 9.47 Å². The topological polar surface area (TPSA) is 18.5 Å². The van der Waals surface area contributed by atoms with Crippen LogP contribution in [0.3, 0.4) is 0 Å². The lowest BCUT2D eigenvalue weighted by Crippen LogP contribution is -2.13. The van der Waals surface area contributed by atoms with Crippen LogP contribution in [0, 0.1) is 0 Å². The zero-order chi connectivity index (χ0) is 12.3. The smallest absolute Gasteiger partial charge is 0.155 e. The van der Waals surface area contributed by atoms with Gasteiger partial charge in [-0.2, -0.15) is 0 Å². The van der Waals surface area contributed by atoms with Crippen LogP contribution in [0.1, 0.15) is 25.5 Å². The summed E-state index contributed by atoms with van der Waals surface area (Å²) in [5.41, 5.74) is 1.20. The van der Waals surface area contributed by atoms with Crippen molar-refractivity contribution in [3.63, 3.8) is 0 Å². The fourth-order valence-corrected chi connectivity index (χ4v) is 2.02. The molecule has 0 N–H and O–H groups in total. The van der Waals surface area contributed by atoms with Gasteiger partial charge in [-0.25, -0.2) is 0 Å². The van der Waals surface area contributed by atoms with Crippen molar-refractivity contribution in [2.45, 2.75) is 26.2 Å². The van der Waals surface area contributed by atoms with Gasteiger partial charge in [0.15, 0.2) is 6.29 Å². The molecule has 2 aromatic carbocycles. The second-order valence-corrected chi connectivity index (χ2v) is 4.15. The summed E-state index contributed by atoms with van der Waals surface area (Å²) >= 11 is 0. The first-order valence-electron chi connectivity index (χ1n) is 5.88. The van der Waals surface area contributed by atoms with E-state index < -0.39 is 0 Å². The summed E-state index contributed by atoms with van der Waals surface area (Å²) < 4.78 is 10.9. The van der Waals surface area contributed by atoms with E-state index >= 15 is 0 Å². The minimum absolute atomic E-state index is 0.0241. The standard InChI is InChI=1S/C15H18O2/c1-11(17-12(2)16-3)14-10-6-8-13-7-4-5-9-15(13)14/h4-12H,1-3H3. The van der Waals surface area contributed by atoms with E-state index in [1.807, 2.05) is 6.92 Å². The van der Waals surface area contributed by atoms with Gasteiger partial charge in [-0.3, -0.25) is 0 Å². The van der Waals surface area contributed by atoms with E-state index in [4.69, 9.17) is 9.47 Å². The SMILES string of the molecule is COC(C)OC(C)c1cccc2ccccc12. The molecule has 0 fully saturated rings. The highest BCUT2D eigenvalue weighted by Gasteiger charge is 2.12. The molecule has 17 heavy (non-hydrogen) atoms. The fraction of sp³-hybridized carbons (Fsp3) is 0.333. The molecule has 0 aliphatic heterocycles. The molecule has 2 heteroatoms. The van der Waals surface area contributed by atoms with Crippen LogP contribution in [0.5, 0.6) is 0 Å². The molecule has 0 aliphatic carbocycles. The Bertz CT molecular complexity index is 488. The first-order valence-corrected chi connectivity index (χ1v) is 5.88. The Labute approximate surface area is 102 Å². The number of benzene rings is 2. The lowest BCUT2D eigenvalue weighted by Gasteiger charge is -2.19. The van der Waals surface area contributed by atoms with E-state index in [0.717, 1.165) is 0 Å². The third kappa shape index (κ3) is 2.65. The van der Waals surface area contributed by atoms with Gasteiger partial charge in [-0.05, 0) is 30.2 Å². The third-order valence-electron chi connectivity index (χ3n) is 2.99. The molecule has 0 heterocycles. The number of rotatable bonds is 4. The average molecular weight is 230 g/mol. The molecule has 0 spiro atoms. The number of ether oxygens (including phenoxy) is 2. The lowest BCUT2D eigenvalue weighted by molar-refractivity contribution is -0.140. The van der Waals surface area contributed by atoms with Crippen LogP contribution in [0.25, 0.3) is 10.8 Å². The number of fused-ring (bicyclic) bond motifs is 1. The summed E-state index contributed by atoms with van der Waals surface area (Å²) in [5.74, 6) is 0. The Morgan fingerprint density at radius 3 is 2.41 bits per heavy atom. The Hall–Kier alpha value is -1.38. The first-order chi connectivity index (χ1) is 8.22. The largest absolute Gasteiger partial charge is 0.356 e. The van der Waals surface area contributed by atoms with E-state index in [9.17, 15) is 0 Å². The lowest BCUT2D eigenvalue weighted by atomic mass is 10.0. The summed E-state index contributed by atoms with van der Waals surface area (Å²) in [6.07, 6.45) is -0.167. The molecule has 2 nitrogen and oxygen atoms in total. The molecule has 0 radical (unpaired) electrons. The summed E-state index contributed by atoms with van der Waals surface area (Å²) in [5, 5.41) is 2.48. The predicted octanol–water partition coefficient (Wildman–Crippen LogP) is 3.91. The van der Waals surface area contributed by atoms with Crippen LogP contribution in [0.15, 0.2) is 42.5 Å². The van der Waals surface area contributed by atoms with Crippen molar-refractivity contribution in [1.82, 2.24) is 0 Å². The maximum absolute atomic E-state index is 5.77. The van der Waals surface area contributed by atoms with Gasteiger partial charge in [-0.1, -0.05) is 42.5 Å². The number of methoxy groups -OCH3 is 1. The van der Waals surface area contributed by atoms with E-state index in [0.29, 0.717) is 0 Å². The normalized spacial score (nSPS) is 14.8. The summed E-state index contributed by atoms with van der Waals surface area (Å²) in [6, 6.07) is 14.6. The Balaban J connectivity index is 2.34. The molecule has 0 aromatic heterocycles. The van der Waals surface area contributed by atoms with Crippen LogP contribution < -0.4 is 0 Å². The van der Waals surface area contributed by atoms with Crippen molar-refractivity contribution in [3.05, 3.63) is 48.0 Å². The fourth-order valence-electron chi connectivity index (χ4n) is 2.02. The minimum Gasteiger partial charge on any atom is -0.356 e. The van der Waals surface area contributed by atoms with Crippen LogP contribution in [0.2, 0.25) is 0 Å². The van der Waals surface area contributed by atoms with E-state index in [1.54, 1.807) is 7.11 Å². The van der Waals surface area contributed by atoms with Gasteiger partial charge in [-0.15, -0.1) is 0 Å². The van der Waals surface area contributed by atoms with Gasteiger partial charge >= 0.3 is 0 Å². The van der Waals surface area contributed by atoms with Crippen molar-refractivity contribution < 1.29 is 9.47 Å². The van der Waals surface area contributed by atoms with Crippen molar-refractivity contribution in [3.8, 4) is 0 Å². The Morgan fingerprint density at radius 1 is 0.941 bits per heavy atom. The molecule has 0 saturated heterocycles. The van der Waals surface area contributed by atoms with Gasteiger partial charge in [0.05, 0.1) is 6.10 Å². The summed E-state index contributed by atoms with van der Waals surface area (Å²) in [7, 11) is 1.65. The summed E-state index contributed by atoms with van der Waals surface area (Å²) in [4.78, 5) is 0. The van der Waals surface area contributed by atoms with Gasteiger partial charge < -0.3 is 9.47 Å². The molecule has 0 amide bonds. The molecular formula is C15H18O2. The van der Waals surface area contributed by atoms with Gasteiger partial charge in [0, 0.05) is 7.11 Å². The Kier molecular flexibility index (Phi) is 3.77. The summed E-state index contributed by atoms with van der Waals surface area (Å²) in [6.45, 7) is 3.96. The maximum atomic E-state index is 5.77. The quantitative estimate of drug-likeness (QED) is 0.741. The molecule has 0 aliphatic rings. The highest BCUT2D eigenvalue weighted by Crippen LogP contribution is 2.27. The van der Waals surface area contributed by atoms with E-state index in [2.05, 4.69) is 49.4 Å². The molecule has 2 aromatic rings. The average Bonchev–Trinajstić information content (AvgIpc) is 2.37. The molecule has 0 bridgehead atoms. The third-order valence-corrected chi connectivity index (χ3v) is 2.99.